The third kappa shape index (κ3) is 2.92. The normalized spacial score (nSPS) is 15.3. The van der Waals surface area contributed by atoms with E-state index in [-0.39, 0.29) is 0 Å². The van der Waals surface area contributed by atoms with Crippen molar-refractivity contribution in [2.75, 3.05) is 6.54 Å². The number of halogens is 2. The maximum absolute atomic E-state index is 6.17. The molecule has 0 saturated carbocycles. The van der Waals surface area contributed by atoms with Crippen LogP contribution in [0, 0.1) is 0 Å². The van der Waals surface area contributed by atoms with Crippen LogP contribution in [0.5, 0.6) is 0 Å². The lowest BCUT2D eigenvalue weighted by molar-refractivity contribution is 0.243. The first kappa shape index (κ1) is 12.9. The Hall–Kier alpha value is -1.09. The van der Waals surface area contributed by atoms with Crippen LogP contribution in [0.1, 0.15) is 16.8 Å². The van der Waals surface area contributed by atoms with Crippen molar-refractivity contribution < 1.29 is 0 Å². The lowest BCUT2D eigenvalue weighted by Gasteiger charge is -2.28. The van der Waals surface area contributed by atoms with E-state index < -0.39 is 0 Å². The summed E-state index contributed by atoms with van der Waals surface area (Å²) in [5.74, 6) is 0. The highest BCUT2D eigenvalue weighted by molar-refractivity contribution is 6.32. The molecule has 0 saturated heterocycles. The Labute approximate surface area is 123 Å². The molecule has 4 heteroatoms. The summed E-state index contributed by atoms with van der Waals surface area (Å²) in [5.41, 5.74) is 3.70. The van der Waals surface area contributed by atoms with Crippen LogP contribution >= 0.6 is 23.2 Å². The average molecular weight is 293 g/mol. The van der Waals surface area contributed by atoms with Gasteiger partial charge in [-0.2, -0.15) is 0 Å². The molecular weight excluding hydrogens is 279 g/mol. The molecule has 0 aliphatic carbocycles. The summed E-state index contributed by atoms with van der Waals surface area (Å²) in [5, 5.41) is 1.18. The maximum Gasteiger partial charge on any atom is 0.129 e. The largest absolute Gasteiger partial charge is 0.293 e. The molecule has 0 fully saturated rings. The van der Waals surface area contributed by atoms with E-state index in [2.05, 4.69) is 34.1 Å². The molecule has 0 spiro atoms. The number of benzene rings is 1. The Kier molecular flexibility index (Phi) is 3.74. The van der Waals surface area contributed by atoms with Crippen LogP contribution in [-0.2, 0) is 19.5 Å². The summed E-state index contributed by atoms with van der Waals surface area (Å²) in [7, 11) is 0. The Morgan fingerprint density at radius 3 is 2.68 bits per heavy atom. The number of fused-ring (bicyclic) bond motifs is 1. The zero-order chi connectivity index (χ0) is 13.2. The molecule has 3 rings (SSSR count). The number of hydrogen-bond acceptors (Lipinski definition) is 2. The van der Waals surface area contributed by atoms with E-state index in [4.69, 9.17) is 23.2 Å². The second-order valence-electron chi connectivity index (χ2n) is 4.79. The van der Waals surface area contributed by atoms with Gasteiger partial charge in [0.25, 0.3) is 0 Å². The molecule has 2 nitrogen and oxygen atoms in total. The fraction of sp³-hybridized carbons (Fsp3) is 0.267. The molecule has 19 heavy (non-hydrogen) atoms. The van der Waals surface area contributed by atoms with Crippen LogP contribution in [0.25, 0.3) is 0 Å². The van der Waals surface area contributed by atoms with Gasteiger partial charge in [-0.1, -0.05) is 47.5 Å². The number of hydrogen-bond donors (Lipinski definition) is 0. The summed E-state index contributed by atoms with van der Waals surface area (Å²) in [6.45, 7) is 2.72. The second kappa shape index (κ2) is 5.49. The summed E-state index contributed by atoms with van der Waals surface area (Å²) in [6.07, 6.45) is 1.08. The number of aromatic nitrogens is 1. The van der Waals surface area contributed by atoms with Gasteiger partial charge in [-0.05, 0) is 29.7 Å². The van der Waals surface area contributed by atoms with Crippen molar-refractivity contribution >= 4 is 23.2 Å². The van der Waals surface area contributed by atoms with Gasteiger partial charge in [-0.15, -0.1) is 0 Å². The van der Waals surface area contributed by atoms with Crippen LogP contribution in [-0.4, -0.2) is 16.4 Å². The second-order valence-corrected chi connectivity index (χ2v) is 5.59. The zero-order valence-electron chi connectivity index (χ0n) is 10.4. The molecule has 0 amide bonds. The minimum Gasteiger partial charge on any atom is -0.293 e. The Morgan fingerprint density at radius 1 is 1.05 bits per heavy atom. The minimum atomic E-state index is 0.497. The van der Waals surface area contributed by atoms with Crippen molar-refractivity contribution in [1.82, 2.24) is 9.88 Å². The first-order valence-corrected chi connectivity index (χ1v) is 7.08. The molecule has 2 heterocycles. The van der Waals surface area contributed by atoms with Crippen molar-refractivity contribution in [2.45, 2.75) is 19.5 Å². The van der Waals surface area contributed by atoms with Gasteiger partial charge in [0.05, 0.1) is 10.7 Å². The number of nitrogens with zero attached hydrogens (tertiary/aromatic N) is 2. The predicted octanol–water partition coefficient (Wildman–Crippen LogP) is 3.95. The van der Waals surface area contributed by atoms with E-state index in [0.29, 0.717) is 10.2 Å². The monoisotopic (exact) mass is 292 g/mol. The van der Waals surface area contributed by atoms with Crippen molar-refractivity contribution in [3.8, 4) is 0 Å². The predicted molar refractivity (Wildman–Crippen MR) is 78.5 cm³/mol. The van der Waals surface area contributed by atoms with E-state index in [1.165, 1.54) is 11.1 Å². The fourth-order valence-electron chi connectivity index (χ4n) is 2.47. The Bertz CT molecular complexity index is 598. The van der Waals surface area contributed by atoms with Crippen molar-refractivity contribution in [1.29, 1.82) is 0 Å². The first-order chi connectivity index (χ1) is 9.22. The van der Waals surface area contributed by atoms with Gasteiger partial charge in [-0.25, -0.2) is 4.98 Å². The van der Waals surface area contributed by atoms with Gasteiger partial charge in [0.2, 0.25) is 0 Å². The summed E-state index contributed by atoms with van der Waals surface area (Å²) in [6, 6.07) is 12.1. The lowest BCUT2D eigenvalue weighted by atomic mass is 10.00. The fourth-order valence-corrected chi connectivity index (χ4v) is 2.80. The molecule has 0 N–H and O–H groups in total. The Morgan fingerprint density at radius 2 is 1.84 bits per heavy atom. The molecular formula is C15H14Cl2N2. The smallest absolute Gasteiger partial charge is 0.129 e. The van der Waals surface area contributed by atoms with Gasteiger partial charge in [-0.3, -0.25) is 4.90 Å². The van der Waals surface area contributed by atoms with Crippen molar-refractivity contribution in [3.63, 3.8) is 0 Å². The Balaban J connectivity index is 1.77. The van der Waals surface area contributed by atoms with Gasteiger partial charge < -0.3 is 0 Å². The molecule has 1 aromatic carbocycles. The topological polar surface area (TPSA) is 16.1 Å². The molecule has 2 aromatic rings. The summed E-state index contributed by atoms with van der Waals surface area (Å²) >= 11 is 12.1. The highest BCUT2D eigenvalue weighted by atomic mass is 35.5. The van der Waals surface area contributed by atoms with E-state index in [0.717, 1.165) is 31.7 Å². The van der Waals surface area contributed by atoms with Gasteiger partial charge >= 0.3 is 0 Å². The van der Waals surface area contributed by atoms with Crippen molar-refractivity contribution in [2.24, 2.45) is 0 Å². The van der Waals surface area contributed by atoms with Crippen LogP contribution in [0.3, 0.4) is 0 Å². The van der Waals surface area contributed by atoms with E-state index in [1.54, 1.807) is 6.07 Å². The highest BCUT2D eigenvalue weighted by Gasteiger charge is 2.17. The van der Waals surface area contributed by atoms with E-state index >= 15 is 0 Å². The molecule has 1 aromatic heterocycles. The summed E-state index contributed by atoms with van der Waals surface area (Å²) in [4.78, 5) is 6.67. The molecule has 1 aliphatic rings. The van der Waals surface area contributed by atoms with Crippen LogP contribution < -0.4 is 0 Å². The van der Waals surface area contributed by atoms with Crippen LogP contribution in [0.4, 0.5) is 0 Å². The average Bonchev–Trinajstić information content (AvgIpc) is 2.43. The quantitative estimate of drug-likeness (QED) is 0.779. The lowest BCUT2D eigenvalue weighted by Crippen LogP contribution is -2.30. The summed E-state index contributed by atoms with van der Waals surface area (Å²) < 4.78 is 0. The number of pyridine rings is 1. The molecule has 0 bridgehead atoms. The van der Waals surface area contributed by atoms with Crippen molar-refractivity contribution in [3.05, 3.63) is 63.4 Å². The molecule has 0 unspecified atom stereocenters. The van der Waals surface area contributed by atoms with Crippen LogP contribution in [0.15, 0.2) is 36.4 Å². The number of rotatable bonds is 2. The molecule has 98 valence electrons. The van der Waals surface area contributed by atoms with Gasteiger partial charge in [0, 0.05) is 19.6 Å². The van der Waals surface area contributed by atoms with Crippen LogP contribution in [0.2, 0.25) is 10.2 Å². The third-order valence-electron chi connectivity index (χ3n) is 3.47. The minimum absolute atomic E-state index is 0.497. The van der Waals surface area contributed by atoms with E-state index in [1.807, 2.05) is 6.07 Å². The highest BCUT2D eigenvalue weighted by Crippen LogP contribution is 2.23. The zero-order valence-corrected chi connectivity index (χ0v) is 12.0. The van der Waals surface area contributed by atoms with Gasteiger partial charge in [0.15, 0.2) is 0 Å². The maximum atomic E-state index is 6.17. The SMILES string of the molecule is Clc1ccc(Cl)c(CN2CCc3ccccc3C2)n1. The third-order valence-corrected chi connectivity index (χ3v) is 4.02. The molecule has 0 atom stereocenters. The first-order valence-electron chi connectivity index (χ1n) is 6.32. The van der Waals surface area contributed by atoms with Gasteiger partial charge in [0.1, 0.15) is 5.15 Å². The standard InChI is InChI=1S/C15H14Cl2N2/c16-13-5-6-15(17)18-14(13)10-19-8-7-11-3-1-2-4-12(11)9-19/h1-6H,7-10H2. The molecule has 1 aliphatic heterocycles. The molecule has 0 radical (unpaired) electrons. The van der Waals surface area contributed by atoms with E-state index in [9.17, 15) is 0 Å².